The predicted molar refractivity (Wildman–Crippen MR) is 59.9 cm³/mol. The third kappa shape index (κ3) is 6.40. The van der Waals surface area contributed by atoms with Gasteiger partial charge in [0.15, 0.2) is 6.29 Å². The lowest BCUT2D eigenvalue weighted by Gasteiger charge is -1.97. The van der Waals surface area contributed by atoms with Crippen molar-refractivity contribution in [1.82, 2.24) is 9.78 Å². The van der Waals surface area contributed by atoms with Crippen molar-refractivity contribution in [3.8, 4) is 0 Å². The number of methoxy groups -OCH3 is 1. The summed E-state index contributed by atoms with van der Waals surface area (Å²) in [5, 5.41) is 3.93. The van der Waals surface area contributed by atoms with E-state index in [4.69, 9.17) is 4.74 Å². The van der Waals surface area contributed by atoms with Crippen LogP contribution in [0, 0.1) is 0 Å². The zero-order valence-electron chi connectivity index (χ0n) is 8.93. The molecule has 0 saturated heterocycles. The van der Waals surface area contributed by atoms with Gasteiger partial charge < -0.3 is 4.74 Å². The van der Waals surface area contributed by atoms with Gasteiger partial charge in [-0.15, -0.1) is 0 Å². The van der Waals surface area contributed by atoms with E-state index in [1.54, 1.807) is 30.1 Å². The van der Waals surface area contributed by atoms with Crippen LogP contribution in [0.1, 0.15) is 10.4 Å². The van der Waals surface area contributed by atoms with E-state index in [0.29, 0.717) is 18.7 Å². The maximum Gasteiger partial charge on any atom is 0.153 e. The summed E-state index contributed by atoms with van der Waals surface area (Å²) in [5.41, 5.74) is 0.598. The van der Waals surface area contributed by atoms with E-state index in [2.05, 4.69) is 18.3 Å². The van der Waals surface area contributed by atoms with Crippen LogP contribution >= 0.6 is 0 Å². The number of rotatable bonds is 5. The standard InChI is InChI=1S/C7H10N2O2.C4H6/c1-11-3-2-9-5-7(6-10)4-8-9;1-3-4-2/h4-6H,2-3H2,1H3;3-4H,1-2H2. The van der Waals surface area contributed by atoms with Crippen LogP contribution in [0.3, 0.4) is 0 Å². The number of carbonyl (C=O) groups excluding carboxylic acids is 1. The molecule has 1 aromatic heterocycles. The molecule has 1 heterocycles. The summed E-state index contributed by atoms with van der Waals surface area (Å²) in [6.07, 6.45) is 7.27. The van der Waals surface area contributed by atoms with E-state index < -0.39 is 0 Å². The summed E-state index contributed by atoms with van der Waals surface area (Å²) in [4.78, 5) is 10.2. The summed E-state index contributed by atoms with van der Waals surface area (Å²) in [6.45, 7) is 8.02. The van der Waals surface area contributed by atoms with Gasteiger partial charge in [-0.1, -0.05) is 25.3 Å². The van der Waals surface area contributed by atoms with E-state index in [0.717, 1.165) is 6.29 Å². The van der Waals surface area contributed by atoms with Gasteiger partial charge in [0.25, 0.3) is 0 Å². The molecule has 0 aromatic carbocycles. The number of allylic oxidation sites excluding steroid dienone is 2. The van der Waals surface area contributed by atoms with Crippen molar-refractivity contribution in [2.45, 2.75) is 6.54 Å². The molecule has 0 aliphatic rings. The van der Waals surface area contributed by atoms with E-state index in [1.807, 2.05) is 0 Å². The van der Waals surface area contributed by atoms with Crippen molar-refractivity contribution in [3.63, 3.8) is 0 Å². The van der Waals surface area contributed by atoms with E-state index >= 15 is 0 Å². The van der Waals surface area contributed by atoms with Crippen LogP contribution in [0.4, 0.5) is 0 Å². The summed E-state index contributed by atoms with van der Waals surface area (Å²) in [7, 11) is 1.63. The first-order valence-corrected chi connectivity index (χ1v) is 4.48. The fraction of sp³-hybridized carbons (Fsp3) is 0.273. The molecule has 0 aliphatic heterocycles. The molecule has 0 fully saturated rings. The van der Waals surface area contributed by atoms with Crippen molar-refractivity contribution < 1.29 is 9.53 Å². The second-order valence-corrected chi connectivity index (χ2v) is 2.62. The third-order valence-corrected chi connectivity index (χ3v) is 1.48. The molecule has 0 aliphatic carbocycles. The molecule has 0 radical (unpaired) electrons. The highest BCUT2D eigenvalue weighted by Gasteiger charge is 1.94. The molecule has 0 atom stereocenters. The molecule has 1 aromatic rings. The minimum Gasteiger partial charge on any atom is -0.383 e. The summed E-state index contributed by atoms with van der Waals surface area (Å²) in [6, 6.07) is 0. The smallest absolute Gasteiger partial charge is 0.153 e. The zero-order chi connectivity index (χ0) is 11.5. The Hall–Kier alpha value is -1.68. The van der Waals surface area contributed by atoms with Gasteiger partial charge in [-0.25, -0.2) is 0 Å². The Morgan fingerprint density at radius 2 is 2.20 bits per heavy atom. The van der Waals surface area contributed by atoms with Gasteiger partial charge in [0.1, 0.15) is 0 Å². The molecule has 4 heteroatoms. The Labute approximate surface area is 89.9 Å². The van der Waals surface area contributed by atoms with Crippen LogP contribution in [-0.2, 0) is 11.3 Å². The van der Waals surface area contributed by atoms with Gasteiger partial charge in [-0.2, -0.15) is 5.10 Å². The molecular weight excluding hydrogens is 192 g/mol. The second kappa shape index (κ2) is 8.90. The Bertz CT molecular complexity index is 299. The van der Waals surface area contributed by atoms with Gasteiger partial charge in [-0.3, -0.25) is 9.48 Å². The minimum absolute atomic E-state index is 0.598. The first kappa shape index (κ1) is 13.3. The molecule has 0 N–H and O–H groups in total. The quantitative estimate of drug-likeness (QED) is 0.546. The zero-order valence-corrected chi connectivity index (χ0v) is 8.93. The molecule has 0 saturated carbocycles. The van der Waals surface area contributed by atoms with Crippen LogP contribution in [0.2, 0.25) is 0 Å². The number of aromatic nitrogens is 2. The molecule has 0 amide bonds. The topological polar surface area (TPSA) is 44.1 Å². The van der Waals surface area contributed by atoms with Gasteiger partial charge in [-0.05, 0) is 0 Å². The predicted octanol–water partition coefficient (Wildman–Crippen LogP) is 1.70. The Balaban J connectivity index is 0.000000423. The van der Waals surface area contributed by atoms with Crippen molar-refractivity contribution in [2.24, 2.45) is 0 Å². The highest BCUT2D eigenvalue weighted by Crippen LogP contribution is 1.92. The third-order valence-electron chi connectivity index (χ3n) is 1.48. The van der Waals surface area contributed by atoms with Crippen molar-refractivity contribution in [2.75, 3.05) is 13.7 Å². The van der Waals surface area contributed by atoms with Crippen LogP contribution in [-0.4, -0.2) is 29.8 Å². The van der Waals surface area contributed by atoms with E-state index in [9.17, 15) is 4.79 Å². The maximum absolute atomic E-state index is 10.2. The lowest BCUT2D eigenvalue weighted by molar-refractivity contribution is 0.112. The minimum atomic E-state index is 0.598. The number of hydrogen-bond acceptors (Lipinski definition) is 3. The fourth-order valence-corrected chi connectivity index (χ4v) is 0.748. The largest absolute Gasteiger partial charge is 0.383 e. The number of aldehydes is 1. The highest BCUT2D eigenvalue weighted by molar-refractivity contribution is 5.73. The maximum atomic E-state index is 10.2. The second-order valence-electron chi connectivity index (χ2n) is 2.62. The van der Waals surface area contributed by atoms with Crippen LogP contribution < -0.4 is 0 Å². The molecule has 1 rings (SSSR count). The molecule has 15 heavy (non-hydrogen) atoms. The van der Waals surface area contributed by atoms with Crippen LogP contribution in [0.15, 0.2) is 37.7 Å². The van der Waals surface area contributed by atoms with Crippen molar-refractivity contribution >= 4 is 6.29 Å². The molecular formula is C11H16N2O2. The first-order valence-electron chi connectivity index (χ1n) is 4.48. The van der Waals surface area contributed by atoms with Gasteiger partial charge in [0.05, 0.1) is 24.9 Å². The summed E-state index contributed by atoms with van der Waals surface area (Å²) >= 11 is 0. The van der Waals surface area contributed by atoms with Gasteiger partial charge >= 0.3 is 0 Å². The lowest BCUT2D eigenvalue weighted by atomic mass is 10.4. The van der Waals surface area contributed by atoms with Crippen molar-refractivity contribution in [1.29, 1.82) is 0 Å². The lowest BCUT2D eigenvalue weighted by Crippen LogP contribution is -2.03. The molecule has 0 unspecified atom stereocenters. The van der Waals surface area contributed by atoms with Crippen molar-refractivity contribution in [3.05, 3.63) is 43.3 Å². The molecule has 4 nitrogen and oxygen atoms in total. The molecule has 82 valence electrons. The normalized spacial score (nSPS) is 8.60. The summed E-state index contributed by atoms with van der Waals surface area (Å²) < 4.78 is 6.51. The average Bonchev–Trinajstić information content (AvgIpc) is 2.74. The SMILES string of the molecule is C=CC=C.COCCn1cc(C=O)cn1. The number of nitrogens with zero attached hydrogens (tertiary/aromatic N) is 2. The summed E-state index contributed by atoms with van der Waals surface area (Å²) in [5.74, 6) is 0. The van der Waals surface area contributed by atoms with Crippen LogP contribution in [0.25, 0.3) is 0 Å². The highest BCUT2D eigenvalue weighted by atomic mass is 16.5. The average molecular weight is 208 g/mol. The monoisotopic (exact) mass is 208 g/mol. The first-order chi connectivity index (χ1) is 7.28. The van der Waals surface area contributed by atoms with E-state index in [-0.39, 0.29) is 0 Å². The Kier molecular flexibility index (Phi) is 7.90. The fourth-order valence-electron chi connectivity index (χ4n) is 0.748. The molecule has 0 bridgehead atoms. The van der Waals surface area contributed by atoms with Gasteiger partial charge in [0, 0.05) is 13.3 Å². The van der Waals surface area contributed by atoms with Gasteiger partial charge in [0.2, 0.25) is 0 Å². The molecule has 0 spiro atoms. The number of hydrogen-bond donors (Lipinski definition) is 0. The van der Waals surface area contributed by atoms with Crippen LogP contribution in [0.5, 0.6) is 0 Å². The Morgan fingerprint density at radius 1 is 1.53 bits per heavy atom. The Morgan fingerprint density at radius 3 is 2.60 bits per heavy atom. The van der Waals surface area contributed by atoms with E-state index in [1.165, 1.54) is 6.20 Å². The number of carbonyl (C=O) groups is 1. The number of ether oxygens (including phenoxy) is 1.